The van der Waals surface area contributed by atoms with Crippen LogP contribution in [0, 0.1) is 0 Å². The summed E-state index contributed by atoms with van der Waals surface area (Å²) in [5.74, 6) is -1.47. The fourth-order valence-electron chi connectivity index (χ4n) is 0.251. The molecule has 0 radical (unpaired) electrons. The van der Waals surface area contributed by atoms with Crippen molar-refractivity contribution in [3.63, 3.8) is 0 Å². The van der Waals surface area contributed by atoms with Crippen molar-refractivity contribution in [3.05, 3.63) is 0 Å². The number of carbonyl (C=O) groups is 1. The molecule has 0 rings (SSSR count). The largest absolute Gasteiger partial charge is 0.466 e. The minimum absolute atomic E-state index is 0.882. The van der Waals surface area contributed by atoms with Gasteiger partial charge in [-0.15, -0.1) is 0 Å². The topological polar surface area (TPSA) is 46.5 Å². The predicted octanol–water partition coefficient (Wildman–Crippen LogP) is 1.23. The maximum atomic E-state index is 12.3. The number of carbonyl (C=O) groups excluding carboxylic acids is 1. The zero-order valence-corrected chi connectivity index (χ0v) is 8.45. The lowest BCUT2D eigenvalue weighted by atomic mass is 10.4. The Bertz CT molecular complexity index is 165. The van der Waals surface area contributed by atoms with Gasteiger partial charge < -0.3 is 9.84 Å². The lowest BCUT2D eigenvalue weighted by Gasteiger charge is -2.22. The summed E-state index contributed by atoms with van der Waals surface area (Å²) in [7, 11) is 0.882. The summed E-state index contributed by atoms with van der Waals surface area (Å²) in [6.07, 6.45) is 0. The number of rotatable bonds is 2. The molecule has 0 aromatic carbocycles. The van der Waals surface area contributed by atoms with E-state index in [2.05, 4.69) is 20.7 Å². The molecule has 0 saturated heterocycles. The highest BCUT2D eigenvalue weighted by Crippen LogP contribution is 2.40. The molecule has 0 fully saturated rings. The first-order chi connectivity index (χ1) is 4.73. The number of esters is 1. The van der Waals surface area contributed by atoms with Crippen LogP contribution in [-0.2, 0) is 9.53 Å². The van der Waals surface area contributed by atoms with Crippen molar-refractivity contribution >= 4 is 37.8 Å². The van der Waals surface area contributed by atoms with Crippen molar-refractivity contribution < 1.29 is 23.4 Å². The third-order valence-electron chi connectivity index (χ3n) is 0.832. The van der Waals surface area contributed by atoms with E-state index in [1.165, 1.54) is 0 Å². The normalized spacial score (nSPS) is 17.3. The van der Waals surface area contributed by atoms with E-state index < -0.39 is 15.3 Å². The molecule has 66 valence electrons. The predicted molar refractivity (Wildman–Crippen MR) is 39.8 cm³/mol. The van der Waals surface area contributed by atoms with Gasteiger partial charge in [-0.2, -0.15) is 8.78 Å². The van der Waals surface area contributed by atoms with Crippen molar-refractivity contribution in [2.45, 2.75) is 9.34 Å². The smallest absolute Gasteiger partial charge is 0.356 e. The van der Waals surface area contributed by atoms with E-state index >= 15 is 0 Å². The molecule has 11 heavy (non-hydrogen) atoms. The van der Waals surface area contributed by atoms with Crippen LogP contribution in [0.4, 0.5) is 8.78 Å². The molecule has 0 spiro atoms. The minimum atomic E-state index is -3.77. The summed E-state index contributed by atoms with van der Waals surface area (Å²) in [4.78, 5) is 6.68. The Kier molecular flexibility index (Phi) is 3.40. The highest BCUT2D eigenvalue weighted by molar-refractivity contribution is 9.13. The molecule has 0 heterocycles. The Morgan fingerprint density at radius 3 is 2.00 bits per heavy atom. The van der Waals surface area contributed by atoms with Gasteiger partial charge >= 0.3 is 10.8 Å². The third kappa shape index (κ3) is 2.34. The Morgan fingerprint density at radius 2 is 1.91 bits per heavy atom. The van der Waals surface area contributed by atoms with E-state index in [1.807, 2.05) is 15.9 Å². The van der Waals surface area contributed by atoms with Crippen LogP contribution in [0.1, 0.15) is 0 Å². The Balaban J connectivity index is 4.59. The van der Waals surface area contributed by atoms with Crippen LogP contribution in [0.15, 0.2) is 0 Å². The molecule has 0 aromatic heterocycles. The standard InChI is InChI=1S/C4H4Br2F2O3/c1-11-2(9)3(5,10)4(6,7)8/h10H,1H3. The second-order valence-corrected chi connectivity index (χ2v) is 3.76. The van der Waals surface area contributed by atoms with E-state index in [0.29, 0.717) is 0 Å². The van der Waals surface area contributed by atoms with Crippen molar-refractivity contribution in [1.82, 2.24) is 0 Å². The lowest BCUT2D eigenvalue weighted by Crippen LogP contribution is -2.46. The van der Waals surface area contributed by atoms with Crippen molar-refractivity contribution in [3.8, 4) is 0 Å². The van der Waals surface area contributed by atoms with Crippen molar-refractivity contribution in [2.75, 3.05) is 7.11 Å². The molecule has 0 saturated carbocycles. The fraction of sp³-hybridized carbons (Fsp3) is 0.750. The van der Waals surface area contributed by atoms with Gasteiger partial charge in [-0.05, 0) is 31.9 Å². The summed E-state index contributed by atoms with van der Waals surface area (Å²) >= 11 is 3.92. The van der Waals surface area contributed by atoms with Gasteiger partial charge in [0.05, 0.1) is 7.11 Å². The van der Waals surface area contributed by atoms with Gasteiger partial charge in [-0.25, -0.2) is 4.79 Å². The maximum Gasteiger partial charge on any atom is 0.356 e. The molecular weight excluding hydrogens is 294 g/mol. The van der Waals surface area contributed by atoms with Gasteiger partial charge in [0.25, 0.3) is 4.51 Å². The van der Waals surface area contributed by atoms with Crippen molar-refractivity contribution in [2.24, 2.45) is 0 Å². The molecule has 1 atom stereocenters. The molecule has 0 aliphatic carbocycles. The number of halogens is 4. The van der Waals surface area contributed by atoms with Crippen molar-refractivity contribution in [1.29, 1.82) is 0 Å². The first kappa shape index (κ1) is 11.2. The summed E-state index contributed by atoms with van der Waals surface area (Å²) in [5.41, 5.74) is 0. The van der Waals surface area contributed by atoms with E-state index in [4.69, 9.17) is 5.11 Å². The van der Waals surface area contributed by atoms with Gasteiger partial charge in [-0.1, -0.05) is 0 Å². The SMILES string of the molecule is COC(=O)C(O)(Br)C(F)(F)Br. The van der Waals surface area contributed by atoms with Crippen LogP contribution in [0.25, 0.3) is 0 Å². The van der Waals surface area contributed by atoms with Crippen LogP contribution in [0.2, 0.25) is 0 Å². The molecule has 0 aliphatic rings. The summed E-state index contributed by atoms with van der Waals surface area (Å²) in [6, 6.07) is 0. The average molecular weight is 298 g/mol. The van der Waals surface area contributed by atoms with E-state index in [0.717, 1.165) is 7.11 Å². The first-order valence-corrected chi connectivity index (χ1v) is 3.88. The molecule has 7 heteroatoms. The molecule has 3 nitrogen and oxygen atoms in total. The molecule has 0 aliphatic heterocycles. The molecule has 1 N–H and O–H groups in total. The lowest BCUT2D eigenvalue weighted by molar-refractivity contribution is -0.165. The van der Waals surface area contributed by atoms with E-state index in [1.54, 1.807) is 0 Å². The summed E-state index contributed by atoms with van der Waals surface area (Å²) in [5, 5.41) is 8.76. The van der Waals surface area contributed by atoms with Crippen LogP contribution >= 0.6 is 31.9 Å². The van der Waals surface area contributed by atoms with Gasteiger partial charge in [0.15, 0.2) is 0 Å². The zero-order valence-electron chi connectivity index (χ0n) is 5.28. The second-order valence-electron chi connectivity index (χ2n) is 1.61. The highest BCUT2D eigenvalue weighted by atomic mass is 79.9. The molecule has 1 unspecified atom stereocenters. The number of alkyl halides is 4. The first-order valence-electron chi connectivity index (χ1n) is 2.30. The molecule has 0 bridgehead atoms. The number of hydrogen-bond donors (Lipinski definition) is 1. The monoisotopic (exact) mass is 296 g/mol. The number of methoxy groups -OCH3 is 1. The van der Waals surface area contributed by atoms with Gasteiger partial charge in [0.2, 0.25) is 0 Å². The second kappa shape index (κ2) is 3.32. The van der Waals surface area contributed by atoms with Gasteiger partial charge in [0, 0.05) is 0 Å². The highest BCUT2D eigenvalue weighted by Gasteiger charge is 2.56. The van der Waals surface area contributed by atoms with Crippen LogP contribution in [0.3, 0.4) is 0 Å². The van der Waals surface area contributed by atoms with Gasteiger partial charge in [0.1, 0.15) is 0 Å². The number of aliphatic hydroxyl groups is 1. The summed E-state index contributed by atoms with van der Waals surface area (Å²) in [6.45, 7) is 0. The molecular formula is C4H4Br2F2O3. The minimum Gasteiger partial charge on any atom is -0.466 e. The average Bonchev–Trinajstić information content (AvgIpc) is 1.83. The Hall–Kier alpha value is 0.250. The molecule has 0 aromatic rings. The van der Waals surface area contributed by atoms with Crippen LogP contribution < -0.4 is 0 Å². The maximum absolute atomic E-state index is 12.3. The van der Waals surface area contributed by atoms with E-state index in [9.17, 15) is 13.6 Å². The van der Waals surface area contributed by atoms with E-state index in [-0.39, 0.29) is 0 Å². The molecule has 0 amide bonds. The number of hydrogen-bond acceptors (Lipinski definition) is 3. The third-order valence-corrected chi connectivity index (χ3v) is 2.76. The summed E-state index contributed by atoms with van der Waals surface area (Å²) < 4.78 is 25.4. The van der Waals surface area contributed by atoms with Gasteiger partial charge in [-0.3, -0.25) is 0 Å². The van der Waals surface area contributed by atoms with Crippen LogP contribution in [-0.4, -0.2) is 27.5 Å². The fourth-order valence-corrected chi connectivity index (χ4v) is 0.575. The van der Waals surface area contributed by atoms with Crippen LogP contribution in [0.5, 0.6) is 0 Å². The Labute approximate surface area is 78.0 Å². The number of ether oxygens (including phenoxy) is 1. The zero-order chi connectivity index (χ0) is 9.28. The Morgan fingerprint density at radius 1 is 1.55 bits per heavy atom. The quantitative estimate of drug-likeness (QED) is 0.616.